The average molecular weight is 286 g/mol. The van der Waals surface area contributed by atoms with Crippen molar-refractivity contribution >= 4 is 17.4 Å². The molecule has 0 spiro atoms. The van der Waals surface area contributed by atoms with Gasteiger partial charge in [0.15, 0.2) is 0 Å². The number of rotatable bonds is 6. The number of methoxy groups -OCH3 is 1. The van der Waals surface area contributed by atoms with Gasteiger partial charge in [-0.2, -0.15) is 0 Å². The lowest BCUT2D eigenvalue weighted by Crippen LogP contribution is -2.17. The maximum Gasteiger partial charge on any atom is 0.252 e. The molecule has 6 nitrogen and oxygen atoms in total. The molecule has 0 aliphatic rings. The van der Waals surface area contributed by atoms with E-state index in [1.165, 1.54) is 12.3 Å². The van der Waals surface area contributed by atoms with Crippen molar-refractivity contribution < 1.29 is 9.53 Å². The lowest BCUT2D eigenvalue weighted by atomic mass is 10.1. The number of carbonyl (C=O) groups excluding carboxylic acids is 1. The number of benzene rings is 1. The van der Waals surface area contributed by atoms with Crippen LogP contribution in [0.3, 0.4) is 0 Å². The van der Waals surface area contributed by atoms with Gasteiger partial charge < -0.3 is 21.5 Å². The maximum absolute atomic E-state index is 11.4. The van der Waals surface area contributed by atoms with Crippen LogP contribution in [0.15, 0.2) is 36.5 Å². The van der Waals surface area contributed by atoms with Gasteiger partial charge in [-0.3, -0.25) is 4.79 Å². The van der Waals surface area contributed by atoms with Gasteiger partial charge in [0.25, 0.3) is 5.91 Å². The topological polar surface area (TPSA) is 103 Å². The SMILES string of the molecule is COc1ccc(CCNc2ncc(N)cc2C(N)=O)cc1. The number of amides is 1. The summed E-state index contributed by atoms with van der Waals surface area (Å²) in [5.41, 5.74) is 12.8. The van der Waals surface area contributed by atoms with Crippen molar-refractivity contribution in [1.82, 2.24) is 4.98 Å². The molecule has 21 heavy (non-hydrogen) atoms. The number of nitrogens with one attached hydrogen (secondary N) is 1. The lowest BCUT2D eigenvalue weighted by Gasteiger charge is -2.10. The zero-order valence-corrected chi connectivity index (χ0v) is 11.8. The largest absolute Gasteiger partial charge is 0.497 e. The fourth-order valence-corrected chi connectivity index (χ4v) is 1.93. The molecule has 0 unspecified atom stereocenters. The molecule has 0 aliphatic heterocycles. The number of hydrogen-bond donors (Lipinski definition) is 3. The molecule has 0 aliphatic carbocycles. The van der Waals surface area contributed by atoms with Crippen LogP contribution in [0, 0.1) is 0 Å². The lowest BCUT2D eigenvalue weighted by molar-refractivity contribution is 0.100. The van der Waals surface area contributed by atoms with Gasteiger partial charge in [-0.05, 0) is 30.2 Å². The highest BCUT2D eigenvalue weighted by Gasteiger charge is 2.09. The number of aromatic nitrogens is 1. The monoisotopic (exact) mass is 286 g/mol. The molecule has 110 valence electrons. The summed E-state index contributed by atoms with van der Waals surface area (Å²) < 4.78 is 5.11. The first-order chi connectivity index (χ1) is 10.1. The number of nitrogens with two attached hydrogens (primary N) is 2. The average Bonchev–Trinajstić information content (AvgIpc) is 2.49. The van der Waals surface area contributed by atoms with Gasteiger partial charge in [-0.1, -0.05) is 12.1 Å². The predicted molar refractivity (Wildman–Crippen MR) is 82.4 cm³/mol. The van der Waals surface area contributed by atoms with Gasteiger partial charge in [0, 0.05) is 6.54 Å². The molecule has 1 aromatic heterocycles. The summed E-state index contributed by atoms with van der Waals surface area (Å²) in [7, 11) is 1.63. The highest BCUT2D eigenvalue weighted by atomic mass is 16.5. The number of ether oxygens (including phenoxy) is 1. The van der Waals surface area contributed by atoms with Crippen LogP contribution in [-0.4, -0.2) is 24.5 Å². The molecular formula is C15H18N4O2. The van der Waals surface area contributed by atoms with Crippen molar-refractivity contribution in [3.8, 4) is 5.75 Å². The highest BCUT2D eigenvalue weighted by Crippen LogP contribution is 2.15. The summed E-state index contributed by atoms with van der Waals surface area (Å²) in [6.07, 6.45) is 2.27. The van der Waals surface area contributed by atoms with Crippen LogP contribution < -0.4 is 21.5 Å². The number of nitrogens with zero attached hydrogens (tertiary/aromatic N) is 1. The molecule has 1 heterocycles. The van der Waals surface area contributed by atoms with Crippen LogP contribution >= 0.6 is 0 Å². The van der Waals surface area contributed by atoms with Crippen LogP contribution in [0.1, 0.15) is 15.9 Å². The Kier molecular flexibility index (Phi) is 4.61. The van der Waals surface area contributed by atoms with Crippen LogP contribution in [-0.2, 0) is 6.42 Å². The number of anilines is 2. The summed E-state index contributed by atoms with van der Waals surface area (Å²) in [6.45, 7) is 0.628. The normalized spacial score (nSPS) is 10.1. The quantitative estimate of drug-likeness (QED) is 0.745. The fraction of sp³-hybridized carbons (Fsp3) is 0.200. The highest BCUT2D eigenvalue weighted by molar-refractivity contribution is 5.98. The molecule has 0 radical (unpaired) electrons. The van der Waals surface area contributed by atoms with Gasteiger partial charge in [0.1, 0.15) is 11.6 Å². The van der Waals surface area contributed by atoms with Crippen molar-refractivity contribution in [2.24, 2.45) is 5.73 Å². The standard InChI is InChI=1S/C15H18N4O2/c1-21-12-4-2-10(3-5-12)6-7-18-15-13(14(17)20)8-11(16)9-19-15/h2-5,8-9H,6-7,16H2,1H3,(H2,17,20)(H,18,19). The van der Waals surface area contributed by atoms with E-state index in [0.717, 1.165) is 17.7 Å². The van der Waals surface area contributed by atoms with Gasteiger partial charge in [0.05, 0.1) is 24.6 Å². The first-order valence-electron chi connectivity index (χ1n) is 6.52. The first kappa shape index (κ1) is 14.6. The third-order valence-corrected chi connectivity index (χ3v) is 3.04. The van der Waals surface area contributed by atoms with Crippen molar-refractivity contribution in [3.63, 3.8) is 0 Å². The van der Waals surface area contributed by atoms with E-state index in [0.29, 0.717) is 23.6 Å². The Morgan fingerprint density at radius 2 is 2.05 bits per heavy atom. The molecule has 0 atom stereocenters. The predicted octanol–water partition coefficient (Wildman–Crippen LogP) is 1.43. The number of primary amides is 1. The molecule has 1 amide bonds. The number of carbonyl (C=O) groups is 1. The van der Waals surface area contributed by atoms with Gasteiger partial charge in [0.2, 0.25) is 0 Å². The summed E-state index contributed by atoms with van der Waals surface area (Å²) in [6, 6.07) is 9.32. The molecule has 6 heteroatoms. The van der Waals surface area contributed by atoms with Gasteiger partial charge in [-0.15, -0.1) is 0 Å². The number of pyridine rings is 1. The van der Waals surface area contributed by atoms with Gasteiger partial charge in [-0.25, -0.2) is 4.98 Å². The molecule has 2 rings (SSSR count). The Balaban J connectivity index is 1.98. The molecule has 5 N–H and O–H groups in total. The number of nitrogen functional groups attached to an aromatic ring is 1. The van der Waals surface area contributed by atoms with E-state index < -0.39 is 5.91 Å². The molecule has 2 aromatic rings. The molecular weight excluding hydrogens is 268 g/mol. The minimum absolute atomic E-state index is 0.296. The number of hydrogen-bond acceptors (Lipinski definition) is 5. The van der Waals surface area contributed by atoms with E-state index in [9.17, 15) is 4.79 Å². The second kappa shape index (κ2) is 6.60. The summed E-state index contributed by atoms with van der Waals surface area (Å²) in [4.78, 5) is 15.5. The molecule has 0 fully saturated rings. The Hall–Kier alpha value is -2.76. The Bertz CT molecular complexity index is 626. The molecule has 0 saturated carbocycles. The Morgan fingerprint density at radius 3 is 2.67 bits per heavy atom. The second-order valence-corrected chi connectivity index (χ2v) is 4.55. The van der Waals surface area contributed by atoms with E-state index >= 15 is 0 Å². The second-order valence-electron chi connectivity index (χ2n) is 4.55. The van der Waals surface area contributed by atoms with E-state index in [1.807, 2.05) is 24.3 Å². The third kappa shape index (κ3) is 3.85. The minimum atomic E-state index is -0.554. The fourth-order valence-electron chi connectivity index (χ4n) is 1.93. The molecule has 0 saturated heterocycles. The van der Waals surface area contributed by atoms with E-state index in [1.54, 1.807) is 7.11 Å². The van der Waals surface area contributed by atoms with Crippen molar-refractivity contribution in [3.05, 3.63) is 47.7 Å². The van der Waals surface area contributed by atoms with Gasteiger partial charge >= 0.3 is 0 Å². The van der Waals surface area contributed by atoms with E-state index in [-0.39, 0.29) is 0 Å². The Labute approximate surface area is 123 Å². The smallest absolute Gasteiger partial charge is 0.252 e. The summed E-state index contributed by atoms with van der Waals surface area (Å²) in [5, 5.41) is 3.10. The van der Waals surface area contributed by atoms with Crippen LogP contribution in [0.4, 0.5) is 11.5 Å². The first-order valence-corrected chi connectivity index (χ1v) is 6.52. The minimum Gasteiger partial charge on any atom is -0.497 e. The summed E-state index contributed by atoms with van der Waals surface area (Å²) >= 11 is 0. The molecule has 1 aromatic carbocycles. The third-order valence-electron chi connectivity index (χ3n) is 3.04. The van der Waals surface area contributed by atoms with Crippen molar-refractivity contribution in [2.75, 3.05) is 24.7 Å². The summed E-state index contributed by atoms with van der Waals surface area (Å²) in [5.74, 6) is 0.717. The maximum atomic E-state index is 11.4. The van der Waals surface area contributed by atoms with Crippen LogP contribution in [0.5, 0.6) is 5.75 Å². The van der Waals surface area contributed by atoms with Crippen molar-refractivity contribution in [1.29, 1.82) is 0 Å². The van der Waals surface area contributed by atoms with E-state index in [4.69, 9.17) is 16.2 Å². The van der Waals surface area contributed by atoms with Crippen LogP contribution in [0.2, 0.25) is 0 Å². The van der Waals surface area contributed by atoms with E-state index in [2.05, 4.69) is 10.3 Å². The zero-order chi connectivity index (χ0) is 15.2. The zero-order valence-electron chi connectivity index (χ0n) is 11.8. The molecule has 0 bridgehead atoms. The Morgan fingerprint density at radius 1 is 1.33 bits per heavy atom. The van der Waals surface area contributed by atoms with Crippen molar-refractivity contribution in [2.45, 2.75) is 6.42 Å². The van der Waals surface area contributed by atoms with Crippen LogP contribution in [0.25, 0.3) is 0 Å².